The van der Waals surface area contributed by atoms with Gasteiger partial charge in [-0.15, -0.1) is 0 Å². The third-order valence-electron chi connectivity index (χ3n) is 2.18. The van der Waals surface area contributed by atoms with Crippen molar-refractivity contribution in [3.8, 4) is 0 Å². The number of hydrogen-bond donors (Lipinski definition) is 0. The second-order valence-electron chi connectivity index (χ2n) is 3.59. The third-order valence-corrected chi connectivity index (χ3v) is 2.49. The predicted octanol–water partition coefficient (Wildman–Crippen LogP) is -1.79. The molecule has 0 aliphatic carbocycles. The van der Waals surface area contributed by atoms with E-state index in [-0.39, 0.29) is 17.7 Å². The summed E-state index contributed by atoms with van der Waals surface area (Å²) < 4.78 is 0. The van der Waals surface area contributed by atoms with Gasteiger partial charge in [-0.3, -0.25) is 4.79 Å². The van der Waals surface area contributed by atoms with Gasteiger partial charge in [0, 0.05) is 17.7 Å². The van der Waals surface area contributed by atoms with Crippen LogP contribution in [0.5, 0.6) is 0 Å². The zero-order chi connectivity index (χ0) is 13.7. The minimum Gasteiger partial charge on any atom is -0.544 e. The lowest BCUT2D eigenvalue weighted by molar-refractivity contribution is -0.300. The van der Waals surface area contributed by atoms with Crippen molar-refractivity contribution in [3.05, 3.63) is 35.4 Å². The number of carboxylic acids is 2. The molecule has 0 atom stereocenters. The SMILES string of the molecule is O=C([O-])C(=O)Cc1cccc(CC(=S)C(=O)[O-])c1. The van der Waals surface area contributed by atoms with Gasteiger partial charge in [0.15, 0.2) is 5.78 Å². The molecule has 0 saturated heterocycles. The van der Waals surface area contributed by atoms with Crippen LogP contribution in [0.15, 0.2) is 24.3 Å². The lowest BCUT2D eigenvalue weighted by atomic mass is 10.0. The Morgan fingerprint density at radius 1 is 1.00 bits per heavy atom. The van der Waals surface area contributed by atoms with E-state index >= 15 is 0 Å². The van der Waals surface area contributed by atoms with E-state index in [4.69, 9.17) is 0 Å². The van der Waals surface area contributed by atoms with Crippen LogP contribution in [0.2, 0.25) is 0 Å². The Hall–Kier alpha value is -2.08. The highest BCUT2D eigenvalue weighted by molar-refractivity contribution is 7.82. The Labute approximate surface area is 108 Å². The van der Waals surface area contributed by atoms with Gasteiger partial charge in [0.1, 0.15) is 5.97 Å². The molecule has 0 aromatic heterocycles. The van der Waals surface area contributed by atoms with E-state index < -0.39 is 17.7 Å². The Morgan fingerprint density at radius 3 is 2.06 bits per heavy atom. The van der Waals surface area contributed by atoms with E-state index in [9.17, 15) is 24.6 Å². The third kappa shape index (κ3) is 4.06. The summed E-state index contributed by atoms with van der Waals surface area (Å²) in [5.41, 5.74) is 1.04. The molecule has 0 aliphatic heterocycles. The largest absolute Gasteiger partial charge is 0.544 e. The number of hydrogen-bond acceptors (Lipinski definition) is 6. The molecule has 0 spiro atoms. The van der Waals surface area contributed by atoms with E-state index in [0.717, 1.165) is 0 Å². The van der Waals surface area contributed by atoms with Crippen LogP contribution >= 0.6 is 12.2 Å². The van der Waals surface area contributed by atoms with Crippen molar-refractivity contribution in [3.63, 3.8) is 0 Å². The standard InChI is InChI=1S/C12H10O5S/c13-9(11(14)15)5-7-2-1-3-8(4-7)6-10(18)12(16)17/h1-4H,5-6H2,(H,14,15)(H,16,17)/p-2. The van der Waals surface area contributed by atoms with Crippen LogP contribution in [0, 0.1) is 0 Å². The van der Waals surface area contributed by atoms with E-state index in [0.29, 0.717) is 11.1 Å². The first-order valence-electron chi connectivity index (χ1n) is 4.96. The van der Waals surface area contributed by atoms with Crippen molar-refractivity contribution in [2.24, 2.45) is 0 Å². The summed E-state index contributed by atoms with van der Waals surface area (Å²) in [5.74, 6) is -4.19. The number of thiocarbonyl (C=S) groups is 1. The van der Waals surface area contributed by atoms with Crippen LogP contribution in [0.1, 0.15) is 11.1 Å². The molecule has 0 bridgehead atoms. The summed E-state index contributed by atoms with van der Waals surface area (Å²) in [6.07, 6.45) is -0.292. The van der Waals surface area contributed by atoms with Crippen molar-refractivity contribution in [1.29, 1.82) is 0 Å². The highest BCUT2D eigenvalue weighted by Gasteiger charge is 2.06. The van der Waals surface area contributed by atoms with Crippen LogP contribution in [-0.4, -0.2) is 22.6 Å². The number of carbonyl (C=O) groups excluding carboxylic acids is 3. The molecular formula is C12H8O5S-2. The van der Waals surface area contributed by atoms with Gasteiger partial charge in [0.2, 0.25) is 0 Å². The molecule has 0 unspecified atom stereocenters. The van der Waals surface area contributed by atoms with Crippen molar-refractivity contribution < 1.29 is 24.6 Å². The Bertz CT molecular complexity index is 478. The second kappa shape index (κ2) is 6.02. The van der Waals surface area contributed by atoms with Crippen LogP contribution in [0.4, 0.5) is 0 Å². The lowest BCUT2D eigenvalue weighted by Crippen LogP contribution is -2.32. The number of carboxylic acid groups (broad SMARTS) is 2. The summed E-state index contributed by atoms with van der Waals surface area (Å²) >= 11 is 4.60. The van der Waals surface area contributed by atoms with Gasteiger partial charge in [-0.05, 0) is 11.1 Å². The fourth-order valence-corrected chi connectivity index (χ4v) is 1.53. The summed E-state index contributed by atoms with van der Waals surface area (Å²) in [7, 11) is 0. The normalized spacial score (nSPS) is 9.78. The van der Waals surface area contributed by atoms with Crippen molar-refractivity contribution in [1.82, 2.24) is 0 Å². The van der Waals surface area contributed by atoms with E-state index in [1.165, 1.54) is 6.07 Å². The first-order valence-corrected chi connectivity index (χ1v) is 5.37. The van der Waals surface area contributed by atoms with Gasteiger partial charge in [-0.1, -0.05) is 36.5 Å². The molecule has 94 valence electrons. The average molecular weight is 264 g/mol. The molecule has 0 radical (unpaired) electrons. The summed E-state index contributed by atoms with van der Waals surface area (Å²) in [4.78, 5) is 31.5. The smallest absolute Gasteiger partial charge is 0.182 e. The van der Waals surface area contributed by atoms with Crippen LogP contribution < -0.4 is 10.2 Å². The zero-order valence-corrected chi connectivity index (χ0v) is 9.99. The molecule has 0 fully saturated rings. The quantitative estimate of drug-likeness (QED) is 0.444. The number of Topliss-reactive ketones (excluding diaryl/α,β-unsaturated/α-hetero) is 1. The molecular weight excluding hydrogens is 256 g/mol. The predicted molar refractivity (Wildman–Crippen MR) is 61.5 cm³/mol. The fourth-order valence-electron chi connectivity index (χ4n) is 1.36. The minimum atomic E-state index is -1.74. The van der Waals surface area contributed by atoms with Crippen molar-refractivity contribution in [2.75, 3.05) is 0 Å². The van der Waals surface area contributed by atoms with E-state index in [1.54, 1.807) is 18.2 Å². The lowest BCUT2D eigenvalue weighted by Gasteiger charge is -2.07. The highest BCUT2D eigenvalue weighted by Crippen LogP contribution is 2.08. The van der Waals surface area contributed by atoms with Crippen LogP contribution in [0.25, 0.3) is 0 Å². The molecule has 5 nitrogen and oxygen atoms in total. The summed E-state index contributed by atoms with van der Waals surface area (Å²) in [6, 6.07) is 6.30. The number of aliphatic carboxylic acids is 2. The molecule has 18 heavy (non-hydrogen) atoms. The Kier molecular flexibility index (Phi) is 4.67. The van der Waals surface area contributed by atoms with Gasteiger partial charge in [-0.25, -0.2) is 0 Å². The molecule has 0 amide bonds. The second-order valence-corrected chi connectivity index (χ2v) is 4.09. The number of benzene rings is 1. The summed E-state index contributed by atoms with van der Waals surface area (Å²) in [5, 5.41) is 20.8. The van der Waals surface area contributed by atoms with Gasteiger partial charge < -0.3 is 19.8 Å². The zero-order valence-electron chi connectivity index (χ0n) is 9.17. The summed E-state index contributed by atoms with van der Waals surface area (Å²) in [6.45, 7) is 0. The maximum atomic E-state index is 11.0. The van der Waals surface area contributed by atoms with Crippen molar-refractivity contribution >= 4 is 34.8 Å². The molecule has 1 aromatic carbocycles. The number of carbonyl (C=O) groups is 3. The minimum absolute atomic E-state index is 0.00498. The molecule has 0 N–H and O–H groups in total. The van der Waals surface area contributed by atoms with E-state index in [1.807, 2.05) is 0 Å². The van der Waals surface area contributed by atoms with Gasteiger partial charge >= 0.3 is 0 Å². The highest BCUT2D eigenvalue weighted by atomic mass is 32.1. The van der Waals surface area contributed by atoms with Crippen LogP contribution in [-0.2, 0) is 27.2 Å². The maximum Gasteiger partial charge on any atom is 0.182 e. The number of rotatable bonds is 6. The average Bonchev–Trinajstić information content (AvgIpc) is 2.29. The van der Waals surface area contributed by atoms with Gasteiger partial charge in [0.25, 0.3) is 0 Å². The molecule has 0 aliphatic rings. The topological polar surface area (TPSA) is 97.3 Å². The van der Waals surface area contributed by atoms with Crippen molar-refractivity contribution in [2.45, 2.75) is 12.8 Å². The van der Waals surface area contributed by atoms with Crippen LogP contribution in [0.3, 0.4) is 0 Å². The molecule has 0 saturated carbocycles. The monoisotopic (exact) mass is 264 g/mol. The molecule has 1 aromatic rings. The van der Waals surface area contributed by atoms with Gasteiger partial charge in [-0.2, -0.15) is 0 Å². The number of ketones is 1. The molecule has 0 heterocycles. The molecule has 1 rings (SSSR count). The van der Waals surface area contributed by atoms with E-state index in [2.05, 4.69) is 12.2 Å². The Morgan fingerprint density at radius 2 is 1.56 bits per heavy atom. The Balaban J connectivity index is 2.80. The fraction of sp³-hybridized carbons (Fsp3) is 0.167. The molecule has 6 heteroatoms. The first-order chi connectivity index (χ1) is 8.40. The first kappa shape index (κ1) is 14.0. The maximum absolute atomic E-state index is 11.0. The van der Waals surface area contributed by atoms with Gasteiger partial charge in [0.05, 0.1) is 5.97 Å².